The lowest BCUT2D eigenvalue weighted by molar-refractivity contribution is -0.157. The van der Waals surface area contributed by atoms with Gasteiger partial charge in [-0.2, -0.15) is 0 Å². The molecule has 2 aromatic rings. The van der Waals surface area contributed by atoms with Crippen LogP contribution in [0.4, 0.5) is 0 Å². The largest absolute Gasteiger partial charge is 0.480 e. The minimum Gasteiger partial charge on any atom is -0.480 e. The maximum Gasteiger partial charge on any atom is 0.326 e. The van der Waals surface area contributed by atoms with Gasteiger partial charge in [0.1, 0.15) is 6.04 Å². The summed E-state index contributed by atoms with van der Waals surface area (Å²) in [5.74, 6) is -1.30. The molecule has 1 N–H and O–H groups in total. The molecule has 0 radical (unpaired) electrons. The summed E-state index contributed by atoms with van der Waals surface area (Å²) in [5.41, 5.74) is 2.70. The van der Waals surface area contributed by atoms with Gasteiger partial charge in [-0.15, -0.1) is 0 Å². The highest BCUT2D eigenvalue weighted by molar-refractivity contribution is 5.88. The van der Waals surface area contributed by atoms with Gasteiger partial charge in [-0.1, -0.05) is 54.6 Å². The highest BCUT2D eigenvalue weighted by Gasteiger charge is 2.38. The number of hydrogen-bond acceptors (Lipinski definition) is 3. The smallest absolute Gasteiger partial charge is 0.326 e. The molecule has 5 heteroatoms. The van der Waals surface area contributed by atoms with Crippen LogP contribution in [0.2, 0.25) is 0 Å². The standard InChI is InChI=1S/C20H21NO4/c1-2-25-18(14-8-4-3-5-9-14)19(22)21-13-16-11-7-6-10-15(16)12-17(21)20(23)24/h3-11,17-18H,2,12-13H2,1H3,(H,23,24). The summed E-state index contributed by atoms with van der Waals surface area (Å²) < 4.78 is 5.67. The minimum atomic E-state index is -0.994. The van der Waals surface area contributed by atoms with Crippen LogP contribution in [-0.4, -0.2) is 34.5 Å². The van der Waals surface area contributed by atoms with E-state index in [1.54, 1.807) is 0 Å². The maximum atomic E-state index is 13.2. The molecule has 1 aliphatic heterocycles. The van der Waals surface area contributed by atoms with Gasteiger partial charge in [0.2, 0.25) is 0 Å². The molecule has 1 aliphatic rings. The number of hydrogen-bond donors (Lipinski definition) is 1. The van der Waals surface area contributed by atoms with Crippen molar-refractivity contribution in [2.45, 2.75) is 32.0 Å². The first-order valence-corrected chi connectivity index (χ1v) is 8.38. The van der Waals surface area contributed by atoms with Gasteiger partial charge in [-0.05, 0) is 23.6 Å². The Hall–Kier alpha value is -2.66. The number of carbonyl (C=O) groups is 2. The van der Waals surface area contributed by atoms with Crippen molar-refractivity contribution in [1.82, 2.24) is 4.90 Å². The van der Waals surface area contributed by atoms with Gasteiger partial charge in [0.05, 0.1) is 0 Å². The fourth-order valence-corrected chi connectivity index (χ4v) is 3.23. The Balaban J connectivity index is 1.94. The molecule has 2 unspecified atom stereocenters. The summed E-state index contributed by atoms with van der Waals surface area (Å²) in [5, 5.41) is 9.63. The van der Waals surface area contributed by atoms with E-state index in [1.807, 2.05) is 61.5 Å². The lowest BCUT2D eigenvalue weighted by atomic mass is 9.93. The van der Waals surface area contributed by atoms with Crippen LogP contribution in [0.25, 0.3) is 0 Å². The molecule has 0 saturated heterocycles. The van der Waals surface area contributed by atoms with Gasteiger partial charge in [0.15, 0.2) is 6.10 Å². The zero-order valence-corrected chi connectivity index (χ0v) is 14.1. The zero-order chi connectivity index (χ0) is 17.8. The second-order valence-electron chi connectivity index (χ2n) is 6.04. The zero-order valence-electron chi connectivity index (χ0n) is 14.1. The van der Waals surface area contributed by atoms with Gasteiger partial charge in [-0.25, -0.2) is 4.79 Å². The van der Waals surface area contributed by atoms with Crippen molar-refractivity contribution in [1.29, 1.82) is 0 Å². The van der Waals surface area contributed by atoms with Crippen LogP contribution in [0.3, 0.4) is 0 Å². The van der Waals surface area contributed by atoms with Crippen molar-refractivity contribution >= 4 is 11.9 Å². The molecule has 0 spiro atoms. The number of benzene rings is 2. The lowest BCUT2D eigenvalue weighted by Gasteiger charge is -2.36. The first-order valence-electron chi connectivity index (χ1n) is 8.38. The number of carboxylic acids is 1. The quantitative estimate of drug-likeness (QED) is 0.910. The third-order valence-corrected chi connectivity index (χ3v) is 4.48. The number of nitrogens with zero attached hydrogens (tertiary/aromatic N) is 1. The summed E-state index contributed by atoms with van der Waals surface area (Å²) in [4.78, 5) is 26.3. The highest BCUT2D eigenvalue weighted by Crippen LogP contribution is 2.28. The van der Waals surface area contributed by atoms with Gasteiger partial charge < -0.3 is 14.7 Å². The molecule has 0 saturated carbocycles. The van der Waals surface area contributed by atoms with E-state index in [0.29, 0.717) is 13.0 Å². The first-order chi connectivity index (χ1) is 12.1. The Kier molecular flexibility index (Phi) is 5.14. The van der Waals surface area contributed by atoms with Crippen LogP contribution in [0, 0.1) is 0 Å². The Morgan fingerprint density at radius 3 is 2.40 bits per heavy atom. The van der Waals surface area contributed by atoms with E-state index in [4.69, 9.17) is 4.74 Å². The second kappa shape index (κ2) is 7.49. The number of carboxylic acid groups (broad SMARTS) is 1. The molecule has 25 heavy (non-hydrogen) atoms. The van der Waals surface area contributed by atoms with Gasteiger partial charge in [0.25, 0.3) is 5.91 Å². The summed E-state index contributed by atoms with van der Waals surface area (Å²) in [6, 6.07) is 16.0. The van der Waals surface area contributed by atoms with E-state index in [1.165, 1.54) is 4.90 Å². The minimum absolute atomic E-state index is 0.280. The highest BCUT2D eigenvalue weighted by atomic mass is 16.5. The lowest BCUT2D eigenvalue weighted by Crippen LogP contribution is -2.50. The molecule has 2 aromatic carbocycles. The predicted octanol–water partition coefficient (Wildman–Crippen LogP) is 2.80. The van der Waals surface area contributed by atoms with Crippen LogP contribution in [-0.2, 0) is 27.3 Å². The van der Waals surface area contributed by atoms with E-state index < -0.39 is 18.1 Å². The van der Waals surface area contributed by atoms with E-state index in [9.17, 15) is 14.7 Å². The number of ether oxygens (including phenoxy) is 1. The first kappa shape index (κ1) is 17.2. The Bertz CT molecular complexity index is 759. The monoisotopic (exact) mass is 339 g/mol. The normalized spacial score (nSPS) is 17.6. The number of fused-ring (bicyclic) bond motifs is 1. The summed E-state index contributed by atoms with van der Waals surface area (Å²) in [6.07, 6.45) is -0.483. The Morgan fingerprint density at radius 1 is 1.12 bits per heavy atom. The molecule has 3 rings (SSSR count). The van der Waals surface area contributed by atoms with E-state index in [2.05, 4.69) is 0 Å². The molecule has 5 nitrogen and oxygen atoms in total. The average molecular weight is 339 g/mol. The fourth-order valence-electron chi connectivity index (χ4n) is 3.23. The van der Waals surface area contributed by atoms with Crippen molar-refractivity contribution in [3.8, 4) is 0 Å². The molecule has 0 bridgehead atoms. The van der Waals surface area contributed by atoms with Crippen molar-refractivity contribution < 1.29 is 19.4 Å². The molecular weight excluding hydrogens is 318 g/mol. The predicted molar refractivity (Wildman–Crippen MR) is 92.9 cm³/mol. The van der Waals surface area contributed by atoms with E-state index in [-0.39, 0.29) is 12.5 Å². The molecule has 2 atom stereocenters. The maximum absolute atomic E-state index is 13.2. The van der Waals surface area contributed by atoms with Gasteiger partial charge in [0, 0.05) is 19.6 Å². The van der Waals surface area contributed by atoms with Gasteiger partial charge in [-0.3, -0.25) is 4.79 Å². The number of rotatable bonds is 5. The van der Waals surface area contributed by atoms with Crippen molar-refractivity contribution in [2.24, 2.45) is 0 Å². The summed E-state index contributed by atoms with van der Waals surface area (Å²) >= 11 is 0. The summed E-state index contributed by atoms with van der Waals surface area (Å²) in [6.45, 7) is 2.47. The molecular formula is C20H21NO4. The van der Waals surface area contributed by atoms with Crippen LogP contribution in [0.5, 0.6) is 0 Å². The topological polar surface area (TPSA) is 66.8 Å². The fraction of sp³-hybridized carbons (Fsp3) is 0.300. The Morgan fingerprint density at radius 2 is 1.76 bits per heavy atom. The average Bonchev–Trinajstić information content (AvgIpc) is 2.65. The number of aliphatic carboxylic acids is 1. The van der Waals surface area contributed by atoms with Crippen molar-refractivity contribution in [3.63, 3.8) is 0 Å². The third kappa shape index (κ3) is 3.56. The van der Waals surface area contributed by atoms with Crippen LogP contribution in [0.15, 0.2) is 54.6 Å². The Labute approximate surface area is 146 Å². The molecule has 0 aromatic heterocycles. The molecule has 1 amide bonds. The number of carbonyl (C=O) groups excluding carboxylic acids is 1. The SMILES string of the molecule is CCOC(C(=O)N1Cc2ccccc2CC1C(=O)O)c1ccccc1. The van der Waals surface area contributed by atoms with Crippen molar-refractivity contribution in [2.75, 3.05) is 6.61 Å². The van der Waals surface area contributed by atoms with Crippen LogP contribution in [0.1, 0.15) is 29.7 Å². The van der Waals surface area contributed by atoms with Crippen LogP contribution >= 0.6 is 0 Å². The molecule has 130 valence electrons. The number of amides is 1. The second-order valence-corrected chi connectivity index (χ2v) is 6.04. The molecule has 0 fully saturated rings. The van der Waals surface area contributed by atoms with E-state index >= 15 is 0 Å². The molecule has 0 aliphatic carbocycles. The molecule has 1 heterocycles. The van der Waals surface area contributed by atoms with Crippen LogP contribution < -0.4 is 0 Å². The van der Waals surface area contributed by atoms with Gasteiger partial charge >= 0.3 is 5.97 Å². The third-order valence-electron chi connectivity index (χ3n) is 4.48. The van der Waals surface area contributed by atoms with Crippen molar-refractivity contribution in [3.05, 3.63) is 71.3 Å². The van der Waals surface area contributed by atoms with E-state index in [0.717, 1.165) is 16.7 Å². The summed E-state index contributed by atoms with van der Waals surface area (Å²) in [7, 11) is 0.